The van der Waals surface area contributed by atoms with Crippen LogP contribution in [-0.2, 0) is 12.8 Å². The molecule has 4 heteroatoms. The quantitative estimate of drug-likeness (QED) is 0.0851. The summed E-state index contributed by atoms with van der Waals surface area (Å²) in [6, 6.07) is 87.4. The lowest BCUT2D eigenvalue weighted by atomic mass is 9.88. The third-order valence-electron chi connectivity index (χ3n) is 16.6. The molecule has 1 aliphatic rings. The minimum absolute atomic E-state index is 0.798. The Bertz CT molecular complexity index is 4910. The maximum Gasteiger partial charge on any atom is 0.138 e. The summed E-state index contributed by atoms with van der Waals surface area (Å²) in [5, 5.41) is 8.94. The second-order valence-corrected chi connectivity index (χ2v) is 21.3. The van der Waals surface area contributed by atoms with E-state index < -0.39 is 0 Å². The van der Waals surface area contributed by atoms with Crippen molar-refractivity contribution < 1.29 is 8.83 Å². The molecule has 0 unspecified atom stereocenters. The standard InChI is InChI=1S/C78H54N2O2/c1-4-50-21-23-53(24-22-50)41-68(57-29-30-58-46-69(55-15-9-7-10-16-55)65-19-13-14-20-66(65)70(58)45-57)59-32-38-67-71-48-63(36-39-74(71)81-76(67)47-59)79(61-33-25-51(5-2)26-34-61)64-37-40-75-72(49-64)78-73(42-52(6-3)43-77(78)82-75)80(60-17-11-8-12-18-60)62-35-31-54-27-28-56(54)44-62/h4-26,29-49H,1-3,27-28H2/b68-41-. The lowest BCUT2D eigenvalue weighted by molar-refractivity contribution is 0.668. The van der Waals surface area contributed by atoms with Crippen LogP contribution in [0.1, 0.15) is 44.5 Å². The Morgan fingerprint density at radius 3 is 1.66 bits per heavy atom. The number of fused-ring (bicyclic) bond motifs is 10. The number of anilines is 6. The third-order valence-corrected chi connectivity index (χ3v) is 16.6. The van der Waals surface area contributed by atoms with Gasteiger partial charge in [-0.25, -0.2) is 0 Å². The number of hydrogen-bond acceptors (Lipinski definition) is 4. The molecule has 2 aromatic heterocycles. The van der Waals surface area contributed by atoms with E-state index in [2.05, 4.69) is 278 Å². The van der Waals surface area contributed by atoms with E-state index in [4.69, 9.17) is 8.83 Å². The summed E-state index contributed by atoms with van der Waals surface area (Å²) in [7, 11) is 0. The summed E-state index contributed by atoms with van der Waals surface area (Å²) < 4.78 is 13.7. The molecule has 0 N–H and O–H groups in total. The molecule has 15 rings (SSSR count). The van der Waals surface area contributed by atoms with E-state index in [-0.39, 0.29) is 0 Å². The van der Waals surface area contributed by atoms with Crippen LogP contribution in [0.2, 0.25) is 0 Å². The molecule has 0 bridgehead atoms. The van der Waals surface area contributed by atoms with E-state index in [0.29, 0.717) is 0 Å². The van der Waals surface area contributed by atoms with Crippen LogP contribution in [0.5, 0.6) is 0 Å². The van der Waals surface area contributed by atoms with Crippen LogP contribution in [0.4, 0.5) is 34.1 Å². The minimum Gasteiger partial charge on any atom is -0.456 e. The van der Waals surface area contributed by atoms with Gasteiger partial charge in [0.2, 0.25) is 0 Å². The summed E-state index contributed by atoms with van der Waals surface area (Å²) >= 11 is 0. The Morgan fingerprint density at radius 1 is 0.354 bits per heavy atom. The van der Waals surface area contributed by atoms with Gasteiger partial charge in [-0.1, -0.05) is 171 Å². The van der Waals surface area contributed by atoms with Gasteiger partial charge in [-0.15, -0.1) is 0 Å². The van der Waals surface area contributed by atoms with Gasteiger partial charge in [-0.05, 0) is 211 Å². The summed E-state index contributed by atoms with van der Waals surface area (Å²) in [5.74, 6) is 0. The Kier molecular flexibility index (Phi) is 11.8. The van der Waals surface area contributed by atoms with E-state index >= 15 is 0 Å². The van der Waals surface area contributed by atoms with E-state index in [1.54, 1.807) is 0 Å². The highest BCUT2D eigenvalue weighted by Crippen LogP contribution is 2.48. The van der Waals surface area contributed by atoms with Crippen molar-refractivity contribution in [3.8, 4) is 11.1 Å². The number of rotatable bonds is 13. The molecule has 82 heavy (non-hydrogen) atoms. The van der Waals surface area contributed by atoms with E-state index in [9.17, 15) is 0 Å². The Morgan fingerprint density at radius 2 is 0.939 bits per heavy atom. The lowest BCUT2D eigenvalue weighted by Gasteiger charge is -2.29. The first-order valence-corrected chi connectivity index (χ1v) is 28.0. The second kappa shape index (κ2) is 19.9. The van der Waals surface area contributed by atoms with Crippen LogP contribution in [-0.4, -0.2) is 0 Å². The molecule has 2 heterocycles. The zero-order chi connectivity index (χ0) is 54.8. The van der Waals surface area contributed by atoms with Gasteiger partial charge in [-0.3, -0.25) is 0 Å². The van der Waals surface area contributed by atoms with Gasteiger partial charge >= 0.3 is 0 Å². The number of benzene rings is 12. The molecule has 0 atom stereocenters. The predicted octanol–water partition coefficient (Wildman–Crippen LogP) is 22.0. The third kappa shape index (κ3) is 8.40. The fraction of sp³-hybridized carbons (Fsp3) is 0.0256. The number of hydrogen-bond donors (Lipinski definition) is 0. The van der Waals surface area contributed by atoms with Crippen molar-refractivity contribution in [1.82, 2.24) is 0 Å². The van der Waals surface area contributed by atoms with Crippen LogP contribution in [0, 0.1) is 0 Å². The maximum atomic E-state index is 6.87. The van der Waals surface area contributed by atoms with E-state index in [1.807, 2.05) is 18.2 Å². The van der Waals surface area contributed by atoms with Crippen molar-refractivity contribution in [2.45, 2.75) is 12.8 Å². The van der Waals surface area contributed by atoms with Crippen molar-refractivity contribution >= 4 is 129 Å². The van der Waals surface area contributed by atoms with Gasteiger partial charge in [0.15, 0.2) is 0 Å². The van der Waals surface area contributed by atoms with Gasteiger partial charge in [0.1, 0.15) is 22.3 Å². The normalized spacial score (nSPS) is 12.3. The first kappa shape index (κ1) is 48.4. The predicted molar refractivity (Wildman–Crippen MR) is 348 cm³/mol. The molecule has 0 saturated heterocycles. The molecule has 0 amide bonds. The average molecular weight is 1050 g/mol. The lowest BCUT2D eigenvalue weighted by Crippen LogP contribution is -2.14. The molecule has 0 spiro atoms. The largest absolute Gasteiger partial charge is 0.456 e. The molecule has 4 nitrogen and oxygen atoms in total. The fourth-order valence-corrected chi connectivity index (χ4v) is 12.3. The molecule has 1 aliphatic carbocycles. The molecule has 0 radical (unpaired) electrons. The van der Waals surface area contributed by atoms with Crippen molar-refractivity contribution in [3.05, 3.63) is 307 Å². The highest BCUT2D eigenvalue weighted by molar-refractivity contribution is 6.17. The molecule has 14 aromatic rings. The highest BCUT2D eigenvalue weighted by Gasteiger charge is 2.25. The van der Waals surface area contributed by atoms with Crippen LogP contribution < -0.4 is 9.80 Å². The highest BCUT2D eigenvalue weighted by atomic mass is 16.3. The van der Waals surface area contributed by atoms with Crippen LogP contribution in [0.15, 0.2) is 271 Å². The number of furan rings is 2. The van der Waals surface area contributed by atoms with Gasteiger partial charge in [0.25, 0.3) is 0 Å². The summed E-state index contributed by atoms with van der Waals surface area (Å²) in [6.45, 7) is 12.3. The molecule has 0 fully saturated rings. The average Bonchev–Trinajstić information content (AvgIpc) is 3.52. The van der Waals surface area contributed by atoms with Crippen molar-refractivity contribution in [2.75, 3.05) is 9.80 Å². The Hall–Kier alpha value is -10.7. The van der Waals surface area contributed by atoms with Crippen LogP contribution in [0.3, 0.4) is 0 Å². The van der Waals surface area contributed by atoms with Crippen molar-refractivity contribution in [1.29, 1.82) is 0 Å². The Labute approximate surface area is 476 Å². The van der Waals surface area contributed by atoms with Crippen molar-refractivity contribution in [3.63, 3.8) is 0 Å². The molecular formula is C78H54N2O2. The fourth-order valence-electron chi connectivity index (χ4n) is 12.3. The SMILES string of the molecule is C=Cc1ccc(/C=C(\c2ccc3c(c2)oc2ccc(N(c4ccc(C=C)cc4)c4ccc5oc6cc(C=C)cc(N(c7ccccc7)c7ccc8c(c7)CC8)c6c5c4)cc23)c2ccc3cc(-c4ccccc4)c4ccccc4c3c2)cc1. The number of nitrogens with zero attached hydrogens (tertiary/aromatic N) is 2. The summed E-state index contributed by atoms with van der Waals surface area (Å²) in [4.78, 5) is 4.70. The minimum atomic E-state index is 0.798. The molecule has 0 saturated carbocycles. The van der Waals surface area contributed by atoms with E-state index in [1.165, 1.54) is 43.8 Å². The summed E-state index contributed by atoms with van der Waals surface area (Å²) in [6.07, 6.45) is 10.2. The Balaban J connectivity index is 0.870. The second-order valence-electron chi connectivity index (χ2n) is 21.3. The number of aryl methyl sites for hydroxylation is 2. The molecular weight excluding hydrogens is 997 g/mol. The zero-order valence-corrected chi connectivity index (χ0v) is 45.1. The van der Waals surface area contributed by atoms with Crippen molar-refractivity contribution in [2.24, 2.45) is 0 Å². The molecule has 12 aromatic carbocycles. The van der Waals surface area contributed by atoms with Gasteiger partial charge in [-0.2, -0.15) is 0 Å². The molecule has 388 valence electrons. The summed E-state index contributed by atoms with van der Waals surface area (Å²) in [5.41, 5.74) is 22.1. The smallest absolute Gasteiger partial charge is 0.138 e. The topological polar surface area (TPSA) is 32.8 Å². The van der Waals surface area contributed by atoms with Gasteiger partial charge in [0.05, 0.1) is 11.1 Å². The first-order valence-electron chi connectivity index (χ1n) is 28.0. The van der Waals surface area contributed by atoms with E-state index in [0.717, 1.165) is 130 Å². The van der Waals surface area contributed by atoms with Gasteiger partial charge in [0, 0.05) is 44.6 Å². The first-order chi connectivity index (χ1) is 40.4. The van der Waals surface area contributed by atoms with Crippen LogP contribution >= 0.6 is 0 Å². The zero-order valence-electron chi connectivity index (χ0n) is 45.1. The van der Waals surface area contributed by atoms with Crippen LogP contribution in [0.25, 0.3) is 106 Å². The monoisotopic (exact) mass is 1050 g/mol. The molecule has 0 aliphatic heterocycles. The number of para-hydroxylation sites is 1. The van der Waals surface area contributed by atoms with Gasteiger partial charge < -0.3 is 18.6 Å². The maximum absolute atomic E-state index is 6.87.